The molecule has 0 aliphatic carbocycles. The molecule has 3 aromatic rings. The molecule has 31 heavy (non-hydrogen) atoms. The third kappa shape index (κ3) is 3.66. The SMILES string of the molecule is COc1cccc(/C(O)=C2/C(=O)C(=O)N(Cc3ccccc3OC)C2c2ccco2)c1. The highest BCUT2D eigenvalue weighted by molar-refractivity contribution is 6.46. The fraction of sp³-hybridized carbons (Fsp3) is 0.167. The fourth-order valence-electron chi connectivity index (χ4n) is 3.73. The smallest absolute Gasteiger partial charge is 0.296 e. The van der Waals surface area contributed by atoms with Crippen LogP contribution >= 0.6 is 0 Å². The van der Waals surface area contributed by atoms with E-state index in [0.29, 0.717) is 22.8 Å². The number of carbonyl (C=O) groups is 2. The minimum absolute atomic E-state index is 0.0388. The summed E-state index contributed by atoms with van der Waals surface area (Å²) in [5.41, 5.74) is 1.05. The lowest BCUT2D eigenvalue weighted by molar-refractivity contribution is -0.140. The third-order valence-corrected chi connectivity index (χ3v) is 5.23. The Morgan fingerprint density at radius 3 is 2.55 bits per heavy atom. The fourth-order valence-corrected chi connectivity index (χ4v) is 3.73. The van der Waals surface area contributed by atoms with E-state index < -0.39 is 17.7 Å². The number of rotatable bonds is 6. The van der Waals surface area contributed by atoms with Gasteiger partial charge in [0.1, 0.15) is 29.1 Å². The van der Waals surface area contributed by atoms with Crippen LogP contribution in [-0.4, -0.2) is 35.9 Å². The van der Waals surface area contributed by atoms with Crippen LogP contribution < -0.4 is 9.47 Å². The minimum atomic E-state index is -0.883. The van der Waals surface area contributed by atoms with E-state index in [2.05, 4.69) is 0 Å². The van der Waals surface area contributed by atoms with Crippen molar-refractivity contribution in [3.8, 4) is 11.5 Å². The highest BCUT2D eigenvalue weighted by Crippen LogP contribution is 2.41. The van der Waals surface area contributed by atoms with E-state index in [9.17, 15) is 14.7 Å². The van der Waals surface area contributed by atoms with Crippen LogP contribution in [0.5, 0.6) is 11.5 Å². The van der Waals surface area contributed by atoms with Gasteiger partial charge in [-0.25, -0.2) is 0 Å². The molecule has 158 valence electrons. The quantitative estimate of drug-likeness (QED) is 0.370. The Hall–Kier alpha value is -4.00. The normalized spacial score (nSPS) is 17.7. The molecule has 1 saturated heterocycles. The molecule has 0 spiro atoms. The summed E-state index contributed by atoms with van der Waals surface area (Å²) in [6.45, 7) is 0.106. The van der Waals surface area contributed by atoms with Gasteiger partial charge >= 0.3 is 0 Å². The summed E-state index contributed by atoms with van der Waals surface area (Å²) in [4.78, 5) is 27.4. The summed E-state index contributed by atoms with van der Waals surface area (Å²) in [5.74, 6) is -0.315. The van der Waals surface area contributed by atoms with Crippen LogP contribution in [0.2, 0.25) is 0 Å². The first-order chi connectivity index (χ1) is 15.0. The zero-order valence-electron chi connectivity index (χ0n) is 17.1. The molecule has 0 bridgehead atoms. The number of ketones is 1. The minimum Gasteiger partial charge on any atom is -0.507 e. The van der Waals surface area contributed by atoms with E-state index in [-0.39, 0.29) is 17.9 Å². The van der Waals surface area contributed by atoms with Crippen molar-refractivity contribution in [1.82, 2.24) is 4.90 Å². The number of aliphatic hydroxyl groups is 1. The molecular weight excluding hydrogens is 398 g/mol. The monoisotopic (exact) mass is 419 g/mol. The van der Waals surface area contributed by atoms with Crippen LogP contribution in [0, 0.1) is 0 Å². The number of carbonyl (C=O) groups excluding carboxylic acids is 2. The van der Waals surface area contributed by atoms with Gasteiger partial charge in [-0.3, -0.25) is 9.59 Å². The molecule has 2 heterocycles. The maximum Gasteiger partial charge on any atom is 0.296 e. The molecule has 1 fully saturated rings. The van der Waals surface area contributed by atoms with Crippen molar-refractivity contribution < 1.29 is 28.6 Å². The number of hydrogen-bond acceptors (Lipinski definition) is 6. The van der Waals surface area contributed by atoms with Crippen LogP contribution in [0.15, 0.2) is 76.9 Å². The predicted molar refractivity (Wildman–Crippen MR) is 113 cm³/mol. The van der Waals surface area contributed by atoms with E-state index in [0.717, 1.165) is 5.56 Å². The molecule has 1 aromatic heterocycles. The van der Waals surface area contributed by atoms with E-state index in [4.69, 9.17) is 13.9 Å². The Kier molecular flexibility index (Phi) is 5.49. The summed E-state index contributed by atoms with van der Waals surface area (Å²) in [6, 6.07) is 16.4. The molecule has 0 saturated carbocycles. The van der Waals surface area contributed by atoms with Crippen molar-refractivity contribution in [2.45, 2.75) is 12.6 Å². The molecule has 1 aliphatic heterocycles. The number of likely N-dealkylation sites (tertiary alicyclic amines) is 1. The van der Waals surface area contributed by atoms with E-state index >= 15 is 0 Å². The number of benzene rings is 2. The highest BCUT2D eigenvalue weighted by Gasteiger charge is 2.47. The number of para-hydroxylation sites is 1. The maximum atomic E-state index is 13.0. The van der Waals surface area contributed by atoms with Crippen molar-refractivity contribution in [3.63, 3.8) is 0 Å². The molecule has 0 radical (unpaired) electrons. The van der Waals surface area contributed by atoms with Crippen molar-refractivity contribution in [2.24, 2.45) is 0 Å². The van der Waals surface area contributed by atoms with E-state index in [1.807, 2.05) is 18.2 Å². The molecular formula is C24H21NO6. The highest BCUT2D eigenvalue weighted by atomic mass is 16.5. The largest absolute Gasteiger partial charge is 0.507 e. The zero-order chi connectivity index (χ0) is 22.0. The standard InChI is InChI=1S/C24H21NO6/c1-29-17-9-5-8-15(13-17)22(26)20-21(19-11-6-12-31-19)25(24(28)23(20)27)14-16-7-3-4-10-18(16)30-2/h3-13,21,26H,14H2,1-2H3/b22-20-. The second-order valence-corrected chi connectivity index (χ2v) is 6.99. The summed E-state index contributed by atoms with van der Waals surface area (Å²) >= 11 is 0. The average Bonchev–Trinajstić information content (AvgIpc) is 3.42. The van der Waals surface area contributed by atoms with Gasteiger partial charge in [-0.2, -0.15) is 0 Å². The molecule has 2 aromatic carbocycles. The number of Topliss-reactive ketones (excluding diaryl/α,β-unsaturated/α-hetero) is 1. The number of nitrogens with zero attached hydrogens (tertiary/aromatic N) is 1. The van der Waals surface area contributed by atoms with Gasteiger partial charge < -0.3 is 23.9 Å². The van der Waals surface area contributed by atoms with E-state index in [1.165, 1.54) is 18.3 Å². The van der Waals surface area contributed by atoms with Gasteiger partial charge in [-0.05, 0) is 30.3 Å². The molecule has 7 heteroatoms. The van der Waals surface area contributed by atoms with Crippen molar-refractivity contribution in [2.75, 3.05) is 14.2 Å². The molecule has 1 aliphatic rings. The Morgan fingerprint density at radius 2 is 1.84 bits per heavy atom. The van der Waals surface area contributed by atoms with Gasteiger partial charge in [0.25, 0.3) is 11.7 Å². The third-order valence-electron chi connectivity index (χ3n) is 5.23. The first-order valence-electron chi connectivity index (χ1n) is 9.63. The van der Waals surface area contributed by atoms with Gasteiger partial charge in [-0.1, -0.05) is 30.3 Å². The lowest BCUT2D eigenvalue weighted by atomic mass is 9.99. The second kappa shape index (κ2) is 8.39. The topological polar surface area (TPSA) is 89.2 Å². The Morgan fingerprint density at radius 1 is 1.03 bits per heavy atom. The Bertz CT molecular complexity index is 1150. The zero-order valence-corrected chi connectivity index (χ0v) is 17.1. The lowest BCUT2D eigenvalue weighted by Gasteiger charge is -2.24. The van der Waals surface area contributed by atoms with Gasteiger partial charge in [0, 0.05) is 11.1 Å². The molecule has 1 atom stereocenters. The summed E-state index contributed by atoms with van der Waals surface area (Å²) in [5, 5.41) is 11.0. The lowest BCUT2D eigenvalue weighted by Crippen LogP contribution is -2.29. The number of methoxy groups -OCH3 is 2. The number of ether oxygens (including phenoxy) is 2. The summed E-state index contributed by atoms with van der Waals surface area (Å²) in [7, 11) is 3.05. The van der Waals surface area contributed by atoms with Gasteiger partial charge in [-0.15, -0.1) is 0 Å². The predicted octanol–water partition coefficient (Wildman–Crippen LogP) is 3.92. The molecule has 7 nitrogen and oxygen atoms in total. The molecule has 1 N–H and O–H groups in total. The average molecular weight is 419 g/mol. The maximum absolute atomic E-state index is 13.0. The molecule has 4 rings (SSSR count). The van der Waals surface area contributed by atoms with Gasteiger partial charge in [0.15, 0.2) is 0 Å². The first-order valence-corrected chi connectivity index (χ1v) is 9.63. The van der Waals surface area contributed by atoms with Crippen molar-refractivity contribution >= 4 is 17.4 Å². The van der Waals surface area contributed by atoms with Crippen molar-refractivity contribution in [3.05, 3.63) is 89.4 Å². The van der Waals surface area contributed by atoms with Crippen LogP contribution in [-0.2, 0) is 16.1 Å². The number of amides is 1. The first kappa shape index (κ1) is 20.3. The van der Waals surface area contributed by atoms with E-state index in [1.54, 1.807) is 49.6 Å². The van der Waals surface area contributed by atoms with Crippen LogP contribution in [0.25, 0.3) is 5.76 Å². The van der Waals surface area contributed by atoms with Crippen LogP contribution in [0.1, 0.15) is 22.9 Å². The number of furan rings is 1. The van der Waals surface area contributed by atoms with Gasteiger partial charge in [0.2, 0.25) is 0 Å². The van der Waals surface area contributed by atoms with Crippen LogP contribution in [0.3, 0.4) is 0 Å². The van der Waals surface area contributed by atoms with Gasteiger partial charge in [0.05, 0.1) is 32.6 Å². The molecule has 1 amide bonds. The Labute approximate surface area is 179 Å². The summed E-state index contributed by atoms with van der Waals surface area (Å²) < 4.78 is 16.2. The Balaban J connectivity index is 1.84. The second-order valence-electron chi connectivity index (χ2n) is 6.99. The molecule has 1 unspecified atom stereocenters. The number of hydrogen-bond donors (Lipinski definition) is 1. The number of aliphatic hydroxyl groups excluding tert-OH is 1. The van der Waals surface area contributed by atoms with Crippen molar-refractivity contribution in [1.29, 1.82) is 0 Å². The van der Waals surface area contributed by atoms with Crippen LogP contribution in [0.4, 0.5) is 0 Å². The summed E-state index contributed by atoms with van der Waals surface area (Å²) in [6.07, 6.45) is 1.46.